The van der Waals surface area contributed by atoms with E-state index in [4.69, 9.17) is 9.97 Å². The van der Waals surface area contributed by atoms with Crippen molar-refractivity contribution < 1.29 is 5.11 Å². The molecular weight excluding hydrogens is 320 g/mol. The van der Waals surface area contributed by atoms with E-state index in [9.17, 15) is 5.11 Å². The van der Waals surface area contributed by atoms with Gasteiger partial charge in [0.25, 0.3) is 0 Å². The number of nitrogens with zero attached hydrogens (tertiary/aromatic N) is 2. The molecule has 0 fully saturated rings. The maximum absolute atomic E-state index is 10.3. The Hall–Kier alpha value is -3.46. The van der Waals surface area contributed by atoms with Crippen molar-refractivity contribution in [3.8, 4) is 39.7 Å². The summed E-state index contributed by atoms with van der Waals surface area (Å²) in [5.41, 5.74) is 5.39. The number of hydrogen-bond donors (Lipinski definition) is 1. The minimum absolute atomic E-state index is 0.208. The fourth-order valence-electron chi connectivity index (χ4n) is 2.86. The lowest BCUT2D eigenvalue weighted by molar-refractivity contribution is 0.477. The van der Waals surface area contributed by atoms with E-state index in [0.29, 0.717) is 17.1 Å². The summed E-state index contributed by atoms with van der Waals surface area (Å²) in [5, 5.41) is 10.3. The van der Waals surface area contributed by atoms with Gasteiger partial charge in [0.2, 0.25) is 0 Å². The monoisotopic (exact) mass is 338 g/mol. The van der Waals surface area contributed by atoms with Crippen molar-refractivity contribution in [1.29, 1.82) is 0 Å². The van der Waals surface area contributed by atoms with Crippen LogP contribution >= 0.6 is 0 Å². The molecule has 26 heavy (non-hydrogen) atoms. The number of rotatable bonds is 3. The predicted octanol–water partition coefficient (Wildman–Crippen LogP) is 5.49. The van der Waals surface area contributed by atoms with Crippen molar-refractivity contribution >= 4 is 0 Å². The van der Waals surface area contributed by atoms with Crippen molar-refractivity contribution in [2.75, 3.05) is 0 Å². The van der Waals surface area contributed by atoms with Gasteiger partial charge in [-0.1, -0.05) is 72.3 Å². The number of hydrogen-bond acceptors (Lipinski definition) is 3. The molecule has 0 aliphatic heterocycles. The van der Waals surface area contributed by atoms with Crippen molar-refractivity contribution in [2.45, 2.75) is 6.92 Å². The second-order valence-corrected chi connectivity index (χ2v) is 6.21. The van der Waals surface area contributed by atoms with Gasteiger partial charge in [-0.2, -0.15) is 0 Å². The van der Waals surface area contributed by atoms with Crippen LogP contribution in [0.4, 0.5) is 0 Å². The second kappa shape index (κ2) is 6.81. The summed E-state index contributed by atoms with van der Waals surface area (Å²) in [6, 6.07) is 27.3. The van der Waals surface area contributed by atoms with Gasteiger partial charge in [0.15, 0.2) is 5.82 Å². The smallest absolute Gasteiger partial charge is 0.160 e. The fraction of sp³-hybridized carbons (Fsp3) is 0.0435. The van der Waals surface area contributed by atoms with Crippen LogP contribution in [-0.4, -0.2) is 15.1 Å². The van der Waals surface area contributed by atoms with E-state index in [1.165, 1.54) is 5.56 Å². The maximum atomic E-state index is 10.3. The van der Waals surface area contributed by atoms with Gasteiger partial charge < -0.3 is 5.11 Å². The average Bonchev–Trinajstić information content (AvgIpc) is 2.69. The van der Waals surface area contributed by atoms with Crippen LogP contribution in [-0.2, 0) is 0 Å². The Labute approximate surface area is 152 Å². The Morgan fingerprint density at radius 3 is 2.04 bits per heavy atom. The van der Waals surface area contributed by atoms with E-state index in [1.807, 2.05) is 48.5 Å². The Kier molecular flexibility index (Phi) is 4.20. The molecule has 1 heterocycles. The van der Waals surface area contributed by atoms with E-state index < -0.39 is 0 Å². The topological polar surface area (TPSA) is 46.0 Å². The molecule has 3 aromatic carbocycles. The highest BCUT2D eigenvalue weighted by Gasteiger charge is 2.12. The summed E-state index contributed by atoms with van der Waals surface area (Å²) < 4.78 is 0. The lowest BCUT2D eigenvalue weighted by atomic mass is 10.0. The first kappa shape index (κ1) is 16.0. The molecule has 0 bridgehead atoms. The fourth-order valence-corrected chi connectivity index (χ4v) is 2.86. The number of para-hydroxylation sites is 1. The minimum Gasteiger partial charge on any atom is -0.507 e. The molecule has 0 unspecified atom stereocenters. The Balaban J connectivity index is 1.93. The molecule has 4 aromatic rings. The average molecular weight is 338 g/mol. The van der Waals surface area contributed by atoms with E-state index in [-0.39, 0.29) is 5.75 Å². The Morgan fingerprint density at radius 1 is 0.654 bits per heavy atom. The third-order valence-corrected chi connectivity index (χ3v) is 4.29. The van der Waals surface area contributed by atoms with Gasteiger partial charge >= 0.3 is 0 Å². The van der Waals surface area contributed by atoms with Gasteiger partial charge in [-0.3, -0.25) is 0 Å². The van der Waals surface area contributed by atoms with E-state index in [0.717, 1.165) is 16.8 Å². The number of aryl methyl sites for hydroxylation is 1. The van der Waals surface area contributed by atoms with Crippen molar-refractivity contribution in [3.63, 3.8) is 0 Å². The van der Waals surface area contributed by atoms with Gasteiger partial charge in [-0.05, 0) is 25.1 Å². The zero-order valence-electron chi connectivity index (χ0n) is 14.4. The number of aromatic nitrogens is 2. The SMILES string of the molecule is Cc1ccc(-c2cc(-c3ccccc3O)nc(-c3ccccc3)n2)cc1. The molecule has 3 heteroatoms. The molecule has 0 amide bonds. The summed E-state index contributed by atoms with van der Waals surface area (Å²) in [6.45, 7) is 2.06. The lowest BCUT2D eigenvalue weighted by Crippen LogP contribution is -1.96. The van der Waals surface area contributed by atoms with Crippen LogP contribution in [0.2, 0.25) is 0 Å². The summed E-state index contributed by atoms with van der Waals surface area (Å²) in [5.74, 6) is 0.849. The van der Waals surface area contributed by atoms with Crippen LogP contribution in [0.5, 0.6) is 5.75 Å². The van der Waals surface area contributed by atoms with E-state index in [2.05, 4.69) is 31.2 Å². The molecule has 0 aliphatic carbocycles. The van der Waals surface area contributed by atoms with Crippen LogP contribution < -0.4 is 0 Å². The normalized spacial score (nSPS) is 10.7. The number of aromatic hydroxyl groups is 1. The van der Waals surface area contributed by atoms with Crippen LogP contribution in [0.3, 0.4) is 0 Å². The molecule has 0 aliphatic rings. The molecule has 3 nitrogen and oxygen atoms in total. The Bertz CT molecular complexity index is 1040. The van der Waals surface area contributed by atoms with Crippen LogP contribution in [0.15, 0.2) is 84.9 Å². The third kappa shape index (κ3) is 3.20. The van der Waals surface area contributed by atoms with Crippen molar-refractivity contribution in [2.24, 2.45) is 0 Å². The lowest BCUT2D eigenvalue weighted by Gasteiger charge is -2.10. The third-order valence-electron chi connectivity index (χ3n) is 4.29. The highest BCUT2D eigenvalue weighted by atomic mass is 16.3. The number of phenols is 1. The van der Waals surface area contributed by atoms with E-state index >= 15 is 0 Å². The summed E-state index contributed by atoms with van der Waals surface area (Å²) in [7, 11) is 0. The summed E-state index contributed by atoms with van der Waals surface area (Å²) >= 11 is 0. The van der Waals surface area contributed by atoms with Gasteiger partial charge in [0.1, 0.15) is 5.75 Å². The van der Waals surface area contributed by atoms with Crippen molar-refractivity contribution in [3.05, 3.63) is 90.5 Å². The zero-order chi connectivity index (χ0) is 17.9. The number of phenolic OH excluding ortho intramolecular Hbond substituents is 1. The van der Waals surface area contributed by atoms with Crippen LogP contribution in [0.1, 0.15) is 5.56 Å². The Morgan fingerprint density at radius 2 is 1.31 bits per heavy atom. The first-order valence-electron chi connectivity index (χ1n) is 8.50. The van der Waals surface area contributed by atoms with Gasteiger partial charge in [-0.25, -0.2) is 9.97 Å². The number of benzene rings is 3. The van der Waals surface area contributed by atoms with Crippen LogP contribution in [0, 0.1) is 6.92 Å². The largest absolute Gasteiger partial charge is 0.507 e. The maximum Gasteiger partial charge on any atom is 0.160 e. The molecule has 4 rings (SSSR count). The van der Waals surface area contributed by atoms with Crippen molar-refractivity contribution in [1.82, 2.24) is 9.97 Å². The summed E-state index contributed by atoms with van der Waals surface area (Å²) in [4.78, 5) is 9.47. The molecule has 126 valence electrons. The van der Waals surface area contributed by atoms with Gasteiger partial charge in [0.05, 0.1) is 11.4 Å². The zero-order valence-corrected chi connectivity index (χ0v) is 14.4. The van der Waals surface area contributed by atoms with Gasteiger partial charge in [-0.15, -0.1) is 0 Å². The summed E-state index contributed by atoms with van der Waals surface area (Å²) in [6.07, 6.45) is 0. The molecular formula is C23H18N2O. The first-order valence-corrected chi connectivity index (χ1v) is 8.50. The van der Waals surface area contributed by atoms with E-state index in [1.54, 1.807) is 12.1 Å². The van der Waals surface area contributed by atoms with Gasteiger partial charge in [0, 0.05) is 16.7 Å². The second-order valence-electron chi connectivity index (χ2n) is 6.21. The quantitative estimate of drug-likeness (QED) is 0.537. The molecule has 0 spiro atoms. The molecule has 0 radical (unpaired) electrons. The first-order chi connectivity index (χ1) is 12.7. The highest BCUT2D eigenvalue weighted by Crippen LogP contribution is 2.31. The molecule has 0 saturated heterocycles. The molecule has 1 aromatic heterocycles. The highest BCUT2D eigenvalue weighted by molar-refractivity contribution is 5.74. The molecule has 0 atom stereocenters. The minimum atomic E-state index is 0.208. The predicted molar refractivity (Wildman–Crippen MR) is 105 cm³/mol. The van der Waals surface area contributed by atoms with Crippen LogP contribution in [0.25, 0.3) is 33.9 Å². The molecule has 1 N–H and O–H groups in total. The standard InChI is InChI=1S/C23H18N2O/c1-16-11-13-17(14-12-16)20-15-21(19-9-5-6-10-22(19)26)25-23(24-20)18-7-3-2-4-8-18/h2-15,26H,1H3. The molecule has 0 saturated carbocycles.